The Hall–Kier alpha value is -5.45. The molecule has 0 aromatic heterocycles. The molecule has 0 bridgehead atoms. The van der Waals surface area contributed by atoms with Gasteiger partial charge in [0.25, 0.3) is 0 Å². The van der Waals surface area contributed by atoms with E-state index in [1.54, 1.807) is 7.05 Å². The lowest BCUT2D eigenvalue weighted by atomic mass is 9.89. The van der Waals surface area contributed by atoms with Gasteiger partial charge in [-0.25, -0.2) is 0 Å². The third-order valence-corrected chi connectivity index (χ3v) is 12.4. The van der Waals surface area contributed by atoms with Crippen molar-refractivity contribution in [3.05, 3.63) is 11.6 Å². The van der Waals surface area contributed by atoms with Crippen LogP contribution < -0.4 is 58.9 Å². The number of rotatable bonds is 24. The molecule has 0 saturated carbocycles. The average molecular weight is 979 g/mol. The van der Waals surface area contributed by atoms with E-state index >= 15 is 0 Å². The predicted molar refractivity (Wildman–Crippen MR) is 259 cm³/mol. The molecule has 2 heterocycles. The SMILES string of the molecule is CN=C(NC)NCCCCCCCCCCCCCCC(=O)NC(C)C(=O)NC1CC2(CS/C=C\NC(=O)C(CO)NC(=O)C(CCC(N)=O)NC2=O)NC(=O)CNC(=O)C(CC(C)C)NC1=O. The Morgan fingerprint density at radius 2 is 1.44 bits per heavy atom. The lowest BCUT2D eigenvalue weighted by Crippen LogP contribution is -2.67. The number of amides is 9. The number of aliphatic hydroxyl groups is 1. The fraction of sp³-hybridized carbons (Fsp3) is 0.733. The van der Waals surface area contributed by atoms with Crippen LogP contribution >= 0.6 is 11.8 Å². The Bertz CT molecular complexity index is 1750. The van der Waals surface area contributed by atoms with Crippen LogP contribution in [-0.2, 0) is 43.2 Å². The molecule has 23 heteroatoms. The second kappa shape index (κ2) is 32.3. The number of primary amides is 1. The van der Waals surface area contributed by atoms with E-state index in [9.17, 15) is 48.3 Å². The van der Waals surface area contributed by atoms with Crippen molar-refractivity contribution in [3.63, 3.8) is 0 Å². The number of aliphatic imine (C=N–C) groups is 1. The molecule has 1 fully saturated rings. The van der Waals surface area contributed by atoms with E-state index in [-0.39, 0.29) is 36.8 Å². The third-order valence-electron chi connectivity index (χ3n) is 11.5. The molecule has 9 amide bonds. The van der Waals surface area contributed by atoms with Gasteiger partial charge in [-0.3, -0.25) is 48.1 Å². The van der Waals surface area contributed by atoms with E-state index in [1.807, 2.05) is 20.9 Å². The highest BCUT2D eigenvalue weighted by Gasteiger charge is 2.46. The maximum absolute atomic E-state index is 14.6. The number of carbonyl (C=O) groups excluding carboxylic acids is 9. The van der Waals surface area contributed by atoms with Crippen LogP contribution in [0.4, 0.5) is 0 Å². The molecule has 2 rings (SSSR count). The van der Waals surface area contributed by atoms with Gasteiger partial charge in [-0.1, -0.05) is 78.1 Å². The van der Waals surface area contributed by atoms with E-state index in [1.165, 1.54) is 57.1 Å². The normalized spacial score (nSPS) is 23.1. The number of guanidine groups is 1. The van der Waals surface area contributed by atoms with E-state index in [4.69, 9.17) is 5.73 Å². The molecule has 13 N–H and O–H groups in total. The molecule has 6 unspecified atom stereocenters. The molecule has 0 aromatic carbocycles. The van der Waals surface area contributed by atoms with Gasteiger partial charge in [-0.15, -0.1) is 11.8 Å². The van der Waals surface area contributed by atoms with E-state index < -0.39 is 109 Å². The molecule has 384 valence electrons. The van der Waals surface area contributed by atoms with Gasteiger partial charge in [-0.05, 0) is 43.9 Å². The molecule has 0 aromatic rings. The first kappa shape index (κ1) is 58.7. The molecule has 0 radical (unpaired) electrons. The zero-order valence-corrected chi connectivity index (χ0v) is 41.3. The van der Waals surface area contributed by atoms with Gasteiger partial charge in [0.1, 0.15) is 35.7 Å². The van der Waals surface area contributed by atoms with Crippen molar-refractivity contribution in [2.75, 3.05) is 39.5 Å². The Morgan fingerprint density at radius 3 is 2.03 bits per heavy atom. The van der Waals surface area contributed by atoms with Gasteiger partial charge >= 0.3 is 0 Å². The Morgan fingerprint density at radius 1 is 0.824 bits per heavy atom. The lowest BCUT2D eigenvalue weighted by molar-refractivity contribution is -0.138. The number of hydrogen-bond donors (Lipinski definition) is 12. The van der Waals surface area contributed by atoms with Crippen molar-refractivity contribution in [3.8, 4) is 0 Å². The molecule has 68 heavy (non-hydrogen) atoms. The minimum atomic E-state index is -2.13. The highest BCUT2D eigenvalue weighted by molar-refractivity contribution is 8.02. The first-order chi connectivity index (χ1) is 32.4. The zero-order valence-electron chi connectivity index (χ0n) is 40.5. The Kier molecular flexibility index (Phi) is 27.9. The van der Waals surface area contributed by atoms with E-state index in [2.05, 4.69) is 58.2 Å². The van der Waals surface area contributed by atoms with E-state index in [0.717, 1.165) is 56.4 Å². The smallest absolute Gasteiger partial charge is 0.248 e. The predicted octanol–water partition coefficient (Wildman–Crippen LogP) is -0.691. The van der Waals surface area contributed by atoms with Crippen molar-refractivity contribution in [2.24, 2.45) is 16.6 Å². The lowest BCUT2D eigenvalue weighted by Gasteiger charge is -2.37. The molecule has 6 atom stereocenters. The number of hydrogen-bond acceptors (Lipinski definition) is 12. The summed E-state index contributed by atoms with van der Waals surface area (Å²) in [5, 5.41) is 37.8. The summed E-state index contributed by atoms with van der Waals surface area (Å²) in [6, 6.07) is -6.91. The summed E-state index contributed by atoms with van der Waals surface area (Å²) in [6.45, 7) is 4.56. The maximum Gasteiger partial charge on any atom is 0.248 e. The van der Waals surface area contributed by atoms with Crippen LogP contribution in [-0.4, -0.2) is 140 Å². The summed E-state index contributed by atoms with van der Waals surface area (Å²) >= 11 is 0.911. The maximum atomic E-state index is 14.6. The fourth-order valence-corrected chi connectivity index (χ4v) is 8.48. The molecule has 22 nitrogen and oxygen atoms in total. The number of nitrogens with one attached hydrogen (secondary N) is 10. The molecule has 2 aliphatic heterocycles. The first-order valence-corrected chi connectivity index (χ1v) is 24.9. The third kappa shape index (κ3) is 22.6. The summed E-state index contributed by atoms with van der Waals surface area (Å²) in [5.41, 5.74) is 3.23. The quantitative estimate of drug-likeness (QED) is 0.0324. The summed E-state index contributed by atoms with van der Waals surface area (Å²) in [7, 11) is 3.60. The minimum Gasteiger partial charge on any atom is -0.394 e. The topological polar surface area (TPSA) is 333 Å². The molecule has 2 aliphatic rings. The molecule has 0 aliphatic carbocycles. The standard InChI is InChI=1S/C45H78N12O10S/c1-29(2)24-32-39(63)51-26-37(61)57-45(28-68-23-22-49-40(64)34(27-58)55-41(65)31(56-43(45)67)19-20-35(46)59)25-33(42(66)53-32)54-38(62)30(3)52-36(60)18-16-14-12-10-8-6-7-9-11-13-15-17-21-50-44(47-4)48-5/h22-23,29-34,58H,6-21,24-28H2,1-5H3,(H2,46,59)(H,49,64)(H,51,63)(H,52,60)(H,53,66)(H,54,62)(H,55,65)(H,56,67)(H,57,61)(H2,47,48,50)/b23-22-. The minimum absolute atomic E-state index is 0.101. The second-order valence-corrected chi connectivity index (χ2v) is 18.6. The fourth-order valence-electron chi connectivity index (χ4n) is 7.61. The van der Waals surface area contributed by atoms with Crippen LogP contribution in [0.25, 0.3) is 0 Å². The van der Waals surface area contributed by atoms with Gasteiger partial charge in [0.2, 0.25) is 53.2 Å². The monoisotopic (exact) mass is 979 g/mol. The molecular weight excluding hydrogens is 901 g/mol. The van der Waals surface area contributed by atoms with Crippen LogP contribution in [0, 0.1) is 5.92 Å². The van der Waals surface area contributed by atoms with Gasteiger partial charge in [0.15, 0.2) is 5.96 Å². The summed E-state index contributed by atoms with van der Waals surface area (Å²) < 4.78 is 0. The van der Waals surface area contributed by atoms with Crippen LogP contribution in [0.1, 0.15) is 130 Å². The Balaban J connectivity index is 2.17. The Labute approximate surface area is 404 Å². The van der Waals surface area contributed by atoms with Gasteiger partial charge in [-0.2, -0.15) is 0 Å². The number of nitrogens with two attached hydrogens (primary N) is 1. The van der Waals surface area contributed by atoms with Crippen molar-refractivity contribution < 1.29 is 48.3 Å². The largest absolute Gasteiger partial charge is 0.394 e. The van der Waals surface area contributed by atoms with Crippen molar-refractivity contribution in [1.29, 1.82) is 0 Å². The summed E-state index contributed by atoms with van der Waals surface area (Å²) in [6.07, 6.45) is 13.1. The van der Waals surface area contributed by atoms with Crippen molar-refractivity contribution >= 4 is 70.9 Å². The average Bonchev–Trinajstić information content (AvgIpc) is 3.30. The molecular formula is C45H78N12O10S. The molecule has 1 saturated heterocycles. The number of nitrogens with zero attached hydrogens (tertiary/aromatic N) is 1. The first-order valence-electron chi connectivity index (χ1n) is 23.9. The number of thioether (sulfide) groups is 1. The van der Waals surface area contributed by atoms with Crippen molar-refractivity contribution in [1.82, 2.24) is 53.2 Å². The van der Waals surface area contributed by atoms with Gasteiger partial charge < -0.3 is 64.0 Å². The highest BCUT2D eigenvalue weighted by Crippen LogP contribution is 2.24. The number of aliphatic hydroxyl groups excluding tert-OH is 1. The van der Waals surface area contributed by atoms with Crippen LogP contribution in [0.15, 0.2) is 16.6 Å². The van der Waals surface area contributed by atoms with Crippen molar-refractivity contribution in [2.45, 2.75) is 166 Å². The highest BCUT2D eigenvalue weighted by atomic mass is 32.2. The van der Waals surface area contributed by atoms with Crippen LogP contribution in [0.2, 0.25) is 0 Å². The van der Waals surface area contributed by atoms with Gasteiger partial charge in [0.05, 0.1) is 13.2 Å². The number of unbranched alkanes of at least 4 members (excludes halogenated alkanes) is 11. The van der Waals surface area contributed by atoms with Gasteiger partial charge in [0, 0.05) is 51.9 Å². The van der Waals surface area contributed by atoms with E-state index in [0.29, 0.717) is 6.42 Å². The molecule has 1 spiro atoms. The summed E-state index contributed by atoms with van der Waals surface area (Å²) in [4.78, 5) is 125. The van der Waals surface area contributed by atoms with Crippen LogP contribution in [0.3, 0.4) is 0 Å². The van der Waals surface area contributed by atoms with Crippen LogP contribution in [0.5, 0.6) is 0 Å². The summed E-state index contributed by atoms with van der Waals surface area (Å²) in [5.74, 6) is -6.85. The number of carbonyl (C=O) groups is 9. The zero-order chi connectivity index (χ0) is 50.5. The second-order valence-electron chi connectivity index (χ2n) is 17.7.